The van der Waals surface area contributed by atoms with Crippen LogP contribution >= 0.6 is 11.3 Å². The van der Waals surface area contributed by atoms with E-state index in [2.05, 4.69) is 20.4 Å². The largest absolute Gasteiger partial charge is 0.342 e. The molecular formula is C23H21N5O4S2. The Morgan fingerprint density at radius 2 is 1.82 bits per heavy atom. The fourth-order valence-corrected chi connectivity index (χ4v) is 5.08. The van der Waals surface area contributed by atoms with Gasteiger partial charge in [-0.05, 0) is 29.8 Å². The van der Waals surface area contributed by atoms with Gasteiger partial charge in [0.15, 0.2) is 10.8 Å². The summed E-state index contributed by atoms with van der Waals surface area (Å²) < 4.78 is 28.2. The van der Waals surface area contributed by atoms with Gasteiger partial charge in [-0.15, -0.1) is 11.3 Å². The van der Waals surface area contributed by atoms with Gasteiger partial charge in [0.1, 0.15) is 5.01 Å². The second-order valence-electron chi connectivity index (χ2n) is 7.19. The van der Waals surface area contributed by atoms with Gasteiger partial charge >= 0.3 is 5.97 Å². The Bertz CT molecular complexity index is 1350. The molecule has 0 saturated carbocycles. The molecule has 0 spiro atoms. The van der Waals surface area contributed by atoms with Crippen LogP contribution in [-0.4, -0.2) is 33.6 Å². The van der Waals surface area contributed by atoms with E-state index in [0.29, 0.717) is 5.69 Å². The molecule has 4 aromatic rings. The molecule has 0 unspecified atom stereocenters. The molecule has 4 rings (SSSR count). The van der Waals surface area contributed by atoms with E-state index in [-0.39, 0.29) is 23.9 Å². The summed E-state index contributed by atoms with van der Waals surface area (Å²) in [6.45, 7) is 1.36. The molecule has 0 bridgehead atoms. The van der Waals surface area contributed by atoms with Crippen LogP contribution in [0.2, 0.25) is 0 Å². The summed E-state index contributed by atoms with van der Waals surface area (Å²) in [5, 5.41) is 2.75. The first-order chi connectivity index (χ1) is 16.4. The lowest BCUT2D eigenvalue weighted by molar-refractivity contribution is -0.138. The van der Waals surface area contributed by atoms with Gasteiger partial charge in [0, 0.05) is 36.8 Å². The molecule has 174 valence electrons. The number of nitrogens with zero attached hydrogens (tertiary/aromatic N) is 4. The van der Waals surface area contributed by atoms with Crippen molar-refractivity contribution < 1.29 is 18.0 Å². The second kappa shape index (κ2) is 10.5. The molecular weight excluding hydrogens is 474 g/mol. The summed E-state index contributed by atoms with van der Waals surface area (Å²) in [6.07, 6.45) is 3.18. The van der Waals surface area contributed by atoms with Gasteiger partial charge in [-0.3, -0.25) is 4.79 Å². The molecule has 1 N–H and O–H groups in total. The first-order valence-corrected chi connectivity index (χ1v) is 12.5. The number of sulfonamides is 1. The van der Waals surface area contributed by atoms with Gasteiger partial charge in [0.2, 0.25) is 0 Å². The molecule has 9 nitrogen and oxygen atoms in total. The van der Waals surface area contributed by atoms with E-state index in [1.807, 2.05) is 29.6 Å². The molecule has 0 aliphatic heterocycles. The van der Waals surface area contributed by atoms with Crippen LogP contribution < -0.4 is 5.48 Å². The lowest BCUT2D eigenvalue weighted by Gasteiger charge is -2.22. The zero-order valence-corrected chi connectivity index (χ0v) is 19.8. The number of benzene rings is 1. The third-order valence-electron chi connectivity index (χ3n) is 4.68. The maximum absolute atomic E-state index is 13.4. The van der Waals surface area contributed by atoms with Gasteiger partial charge in [0.25, 0.3) is 10.0 Å². The van der Waals surface area contributed by atoms with Crippen LogP contribution in [0.15, 0.2) is 83.5 Å². The van der Waals surface area contributed by atoms with Crippen LogP contribution in [0.5, 0.6) is 0 Å². The lowest BCUT2D eigenvalue weighted by Crippen LogP contribution is -2.31. The summed E-state index contributed by atoms with van der Waals surface area (Å²) in [7, 11) is -3.92. The highest BCUT2D eigenvalue weighted by Crippen LogP contribution is 2.24. The van der Waals surface area contributed by atoms with Crippen molar-refractivity contribution in [2.45, 2.75) is 25.0 Å². The first kappa shape index (κ1) is 23.5. The van der Waals surface area contributed by atoms with Crippen molar-refractivity contribution >= 4 is 33.1 Å². The summed E-state index contributed by atoms with van der Waals surface area (Å²) in [5.41, 5.74) is 4.68. The smallest absolute Gasteiger partial charge is 0.329 e. The zero-order chi connectivity index (χ0) is 24.0. The summed E-state index contributed by atoms with van der Waals surface area (Å²) in [4.78, 5) is 28.5. The van der Waals surface area contributed by atoms with Gasteiger partial charge in [-0.25, -0.2) is 28.8 Å². The van der Waals surface area contributed by atoms with Crippen molar-refractivity contribution in [1.82, 2.24) is 19.3 Å². The zero-order valence-electron chi connectivity index (χ0n) is 18.2. The van der Waals surface area contributed by atoms with Crippen LogP contribution in [0.3, 0.4) is 0 Å². The number of carbonyl (C=O) groups is 1. The van der Waals surface area contributed by atoms with Gasteiger partial charge in [-0.1, -0.05) is 36.4 Å². The Hall–Kier alpha value is -3.67. The number of anilines is 1. The molecule has 1 aromatic carbocycles. The number of pyridine rings is 2. The van der Waals surface area contributed by atoms with Crippen molar-refractivity contribution in [2.75, 3.05) is 5.48 Å². The Labute approximate surface area is 201 Å². The Balaban J connectivity index is 1.61. The van der Waals surface area contributed by atoms with E-state index in [1.165, 1.54) is 34.8 Å². The van der Waals surface area contributed by atoms with Crippen LogP contribution in [-0.2, 0) is 32.7 Å². The van der Waals surface area contributed by atoms with E-state index in [4.69, 9.17) is 4.84 Å². The summed E-state index contributed by atoms with van der Waals surface area (Å²) in [5.74, 6) is -0.233. The van der Waals surface area contributed by atoms with Crippen LogP contribution in [0.1, 0.15) is 18.2 Å². The fourth-order valence-electron chi connectivity index (χ4n) is 3.11. The molecule has 3 aromatic heterocycles. The highest BCUT2D eigenvalue weighted by atomic mass is 32.2. The lowest BCUT2D eigenvalue weighted by atomic mass is 10.1. The molecule has 0 fully saturated rings. The standard InChI is InChI=1S/C23H21N5O4S2/c1-17(29)32-27-21-6-4-5-20(26-21)16-28(34(30,31)22-7-2-3-12-24-22)15-18-8-10-19(11-9-18)23-25-13-14-33-23/h2-14H,15-16H2,1H3,(H,26,27). The molecule has 0 radical (unpaired) electrons. The summed E-state index contributed by atoms with van der Waals surface area (Å²) >= 11 is 1.53. The van der Waals surface area contributed by atoms with Crippen molar-refractivity contribution in [3.63, 3.8) is 0 Å². The SMILES string of the molecule is CC(=O)ONc1cccc(CN(Cc2ccc(-c3nccs3)cc2)S(=O)(=O)c2ccccn2)n1. The minimum absolute atomic E-state index is 0.0112. The Kier molecular flexibility index (Phi) is 7.26. The van der Waals surface area contributed by atoms with Crippen molar-refractivity contribution in [3.05, 3.63) is 89.7 Å². The third-order valence-corrected chi connectivity index (χ3v) is 7.21. The van der Waals surface area contributed by atoms with Crippen LogP contribution in [0.4, 0.5) is 5.82 Å². The molecule has 0 amide bonds. The Morgan fingerprint density at radius 3 is 2.50 bits per heavy atom. The molecule has 11 heteroatoms. The second-order valence-corrected chi connectivity index (χ2v) is 9.96. The highest BCUT2D eigenvalue weighted by molar-refractivity contribution is 7.89. The highest BCUT2D eigenvalue weighted by Gasteiger charge is 2.26. The molecule has 0 saturated heterocycles. The number of aromatic nitrogens is 3. The molecule has 0 aliphatic carbocycles. The van der Waals surface area contributed by atoms with E-state index in [0.717, 1.165) is 16.1 Å². The van der Waals surface area contributed by atoms with Crippen molar-refractivity contribution in [3.8, 4) is 10.6 Å². The average Bonchev–Trinajstić information content (AvgIpc) is 3.39. The number of carbonyl (C=O) groups excluding carboxylic acids is 1. The van der Waals surface area contributed by atoms with E-state index < -0.39 is 16.0 Å². The molecule has 3 heterocycles. The molecule has 34 heavy (non-hydrogen) atoms. The topological polar surface area (TPSA) is 114 Å². The fraction of sp³-hybridized carbons (Fsp3) is 0.130. The minimum atomic E-state index is -3.92. The monoisotopic (exact) mass is 495 g/mol. The van der Waals surface area contributed by atoms with Crippen LogP contribution in [0.25, 0.3) is 10.6 Å². The molecule has 0 aliphatic rings. The van der Waals surface area contributed by atoms with Crippen molar-refractivity contribution in [1.29, 1.82) is 0 Å². The maximum atomic E-state index is 13.4. The van der Waals surface area contributed by atoms with Gasteiger partial charge in [0.05, 0.1) is 12.2 Å². The van der Waals surface area contributed by atoms with E-state index in [1.54, 1.807) is 36.5 Å². The molecule has 0 atom stereocenters. The van der Waals surface area contributed by atoms with Crippen LogP contribution in [0, 0.1) is 0 Å². The van der Waals surface area contributed by atoms with E-state index in [9.17, 15) is 13.2 Å². The number of hydrogen-bond acceptors (Lipinski definition) is 9. The number of hydrogen-bond donors (Lipinski definition) is 1. The number of nitrogens with one attached hydrogen (secondary N) is 1. The third kappa shape index (κ3) is 5.81. The normalized spacial score (nSPS) is 11.4. The van der Waals surface area contributed by atoms with Gasteiger partial charge < -0.3 is 4.84 Å². The van der Waals surface area contributed by atoms with Crippen molar-refractivity contribution in [2.24, 2.45) is 0 Å². The Morgan fingerprint density at radius 1 is 1.00 bits per heavy atom. The number of thiazole rings is 1. The quantitative estimate of drug-likeness (QED) is 0.348. The maximum Gasteiger partial charge on any atom is 0.329 e. The van der Waals surface area contributed by atoms with Gasteiger partial charge in [-0.2, -0.15) is 4.31 Å². The van der Waals surface area contributed by atoms with E-state index >= 15 is 0 Å². The predicted octanol–water partition coefficient (Wildman–Crippen LogP) is 3.88. The first-order valence-electron chi connectivity index (χ1n) is 10.2. The number of rotatable bonds is 9. The summed E-state index contributed by atoms with van der Waals surface area (Å²) in [6, 6.07) is 17.3. The predicted molar refractivity (Wildman–Crippen MR) is 128 cm³/mol. The average molecular weight is 496 g/mol. The minimum Gasteiger partial charge on any atom is -0.342 e.